The van der Waals surface area contributed by atoms with E-state index in [0.29, 0.717) is 17.6 Å². The van der Waals surface area contributed by atoms with Gasteiger partial charge < -0.3 is 4.90 Å². The molecule has 0 amide bonds. The summed E-state index contributed by atoms with van der Waals surface area (Å²) in [6, 6.07) is 15.3. The van der Waals surface area contributed by atoms with Crippen molar-refractivity contribution in [3.63, 3.8) is 0 Å². The molecular weight excluding hydrogens is 293 g/mol. The average Bonchev–Trinajstić information content (AvgIpc) is 2.39. The number of halogens is 2. The van der Waals surface area contributed by atoms with Gasteiger partial charge in [-0.15, -0.1) is 0 Å². The fraction of sp³-hybridized carbons (Fsp3) is 0.200. The first-order valence-electron chi connectivity index (χ1n) is 5.81. The van der Waals surface area contributed by atoms with Gasteiger partial charge in [0.15, 0.2) is 0 Å². The second kappa shape index (κ2) is 6.01. The van der Waals surface area contributed by atoms with Crippen LogP contribution in [0, 0.1) is 5.82 Å². The first-order valence-corrected chi connectivity index (χ1v) is 6.93. The van der Waals surface area contributed by atoms with E-state index in [1.807, 2.05) is 48.3 Å². The molecule has 0 saturated carbocycles. The van der Waals surface area contributed by atoms with E-state index in [-0.39, 0.29) is 5.82 Å². The molecule has 0 aromatic heterocycles. The predicted octanol–water partition coefficient (Wildman–Crippen LogP) is 4.36. The minimum Gasteiger partial charge on any atom is -0.368 e. The lowest BCUT2D eigenvalue weighted by Gasteiger charge is -2.22. The highest BCUT2D eigenvalue weighted by atomic mass is 79.9. The van der Waals surface area contributed by atoms with Crippen molar-refractivity contribution in [3.05, 3.63) is 65.5 Å². The Morgan fingerprint density at radius 3 is 2.44 bits per heavy atom. The van der Waals surface area contributed by atoms with Crippen LogP contribution >= 0.6 is 15.9 Å². The molecule has 0 saturated heterocycles. The molecular formula is C15H15BrFN. The zero-order valence-electron chi connectivity index (χ0n) is 10.2. The maximum Gasteiger partial charge on any atom is 0.146 e. The monoisotopic (exact) mass is 307 g/mol. The van der Waals surface area contributed by atoms with Gasteiger partial charge in [-0.25, -0.2) is 4.39 Å². The van der Waals surface area contributed by atoms with E-state index < -0.39 is 0 Å². The molecule has 2 aromatic carbocycles. The molecule has 0 heterocycles. The van der Waals surface area contributed by atoms with Gasteiger partial charge in [-0.2, -0.15) is 0 Å². The van der Waals surface area contributed by atoms with Crippen molar-refractivity contribution < 1.29 is 4.39 Å². The summed E-state index contributed by atoms with van der Waals surface area (Å²) in [4.78, 5) is 1.95. The van der Waals surface area contributed by atoms with Crippen LogP contribution in [0.3, 0.4) is 0 Å². The zero-order chi connectivity index (χ0) is 13.0. The molecule has 0 radical (unpaired) electrons. The molecule has 1 nitrogen and oxygen atoms in total. The summed E-state index contributed by atoms with van der Waals surface area (Å²) in [6.07, 6.45) is 0. The van der Waals surface area contributed by atoms with E-state index in [9.17, 15) is 4.39 Å². The Labute approximate surface area is 115 Å². The lowest BCUT2D eigenvalue weighted by atomic mass is 10.1. The van der Waals surface area contributed by atoms with Crippen molar-refractivity contribution in [2.24, 2.45) is 0 Å². The van der Waals surface area contributed by atoms with Crippen molar-refractivity contribution in [1.29, 1.82) is 0 Å². The van der Waals surface area contributed by atoms with Crippen LogP contribution in [0.15, 0.2) is 48.5 Å². The van der Waals surface area contributed by atoms with Gasteiger partial charge in [-0.3, -0.25) is 0 Å². The summed E-state index contributed by atoms with van der Waals surface area (Å²) < 4.78 is 13.9. The Bertz CT molecular complexity index is 513. The lowest BCUT2D eigenvalue weighted by Crippen LogP contribution is -2.19. The van der Waals surface area contributed by atoms with Crippen LogP contribution in [0.4, 0.5) is 10.1 Å². The fourth-order valence-electron chi connectivity index (χ4n) is 2.03. The van der Waals surface area contributed by atoms with Crippen molar-refractivity contribution in [3.8, 4) is 0 Å². The third-order valence-corrected chi connectivity index (χ3v) is 3.46. The SMILES string of the molecule is CN(Cc1ccccc1)c1c(F)cccc1CBr. The molecule has 2 rings (SSSR count). The first kappa shape index (κ1) is 13.1. The normalized spacial score (nSPS) is 10.4. The molecule has 0 fully saturated rings. The van der Waals surface area contributed by atoms with Gasteiger partial charge in [0.2, 0.25) is 0 Å². The van der Waals surface area contributed by atoms with E-state index in [1.165, 1.54) is 11.6 Å². The van der Waals surface area contributed by atoms with Gasteiger partial charge in [0, 0.05) is 18.9 Å². The van der Waals surface area contributed by atoms with Crippen molar-refractivity contribution in [2.75, 3.05) is 11.9 Å². The summed E-state index contributed by atoms with van der Waals surface area (Å²) in [5.41, 5.74) is 2.80. The zero-order valence-corrected chi connectivity index (χ0v) is 11.8. The Kier molecular flexibility index (Phi) is 4.37. The van der Waals surface area contributed by atoms with Crippen molar-refractivity contribution >= 4 is 21.6 Å². The fourth-order valence-corrected chi connectivity index (χ4v) is 2.48. The van der Waals surface area contributed by atoms with Crippen molar-refractivity contribution in [2.45, 2.75) is 11.9 Å². The number of hydrogen-bond acceptors (Lipinski definition) is 1. The topological polar surface area (TPSA) is 3.24 Å². The smallest absolute Gasteiger partial charge is 0.146 e. The minimum absolute atomic E-state index is 0.176. The van der Waals surface area contributed by atoms with Crippen LogP contribution in [-0.2, 0) is 11.9 Å². The van der Waals surface area contributed by atoms with Crippen LogP contribution in [0.2, 0.25) is 0 Å². The third kappa shape index (κ3) is 2.91. The Balaban J connectivity index is 2.26. The molecule has 3 heteroatoms. The highest BCUT2D eigenvalue weighted by molar-refractivity contribution is 9.08. The number of benzene rings is 2. The number of nitrogens with zero attached hydrogens (tertiary/aromatic N) is 1. The maximum atomic E-state index is 13.9. The summed E-state index contributed by atoms with van der Waals surface area (Å²) in [7, 11) is 1.91. The molecule has 2 aromatic rings. The molecule has 18 heavy (non-hydrogen) atoms. The van der Waals surface area contributed by atoms with E-state index in [2.05, 4.69) is 15.9 Å². The molecule has 0 unspecified atom stereocenters. The summed E-state index contributed by atoms with van der Waals surface area (Å²) in [5.74, 6) is -0.176. The van der Waals surface area contributed by atoms with Crippen LogP contribution in [0.5, 0.6) is 0 Å². The Morgan fingerprint density at radius 2 is 1.78 bits per heavy atom. The molecule has 94 valence electrons. The average molecular weight is 308 g/mol. The molecule has 0 bridgehead atoms. The van der Waals surface area contributed by atoms with E-state index in [0.717, 1.165) is 5.56 Å². The van der Waals surface area contributed by atoms with Crippen molar-refractivity contribution in [1.82, 2.24) is 0 Å². The van der Waals surface area contributed by atoms with Gasteiger partial charge in [0.25, 0.3) is 0 Å². The highest BCUT2D eigenvalue weighted by Crippen LogP contribution is 2.26. The molecule has 0 aliphatic rings. The lowest BCUT2D eigenvalue weighted by molar-refractivity contribution is 0.620. The summed E-state index contributed by atoms with van der Waals surface area (Å²) in [5, 5.41) is 0.652. The van der Waals surface area contributed by atoms with E-state index in [1.54, 1.807) is 6.07 Å². The molecule has 0 atom stereocenters. The number of rotatable bonds is 4. The standard InChI is InChI=1S/C15H15BrFN/c1-18(11-12-6-3-2-4-7-12)15-13(10-16)8-5-9-14(15)17/h2-9H,10-11H2,1H3. The second-order valence-corrected chi connectivity index (χ2v) is 4.78. The second-order valence-electron chi connectivity index (χ2n) is 4.22. The van der Waals surface area contributed by atoms with Gasteiger partial charge in [0.05, 0.1) is 5.69 Å². The Morgan fingerprint density at radius 1 is 1.06 bits per heavy atom. The number of hydrogen-bond donors (Lipinski definition) is 0. The minimum atomic E-state index is -0.176. The maximum absolute atomic E-state index is 13.9. The van der Waals surface area contributed by atoms with Gasteiger partial charge in [-0.1, -0.05) is 58.4 Å². The molecule has 0 N–H and O–H groups in total. The van der Waals surface area contributed by atoms with E-state index >= 15 is 0 Å². The quantitative estimate of drug-likeness (QED) is 0.759. The number of para-hydroxylation sites is 1. The van der Waals surface area contributed by atoms with Crippen LogP contribution in [0.25, 0.3) is 0 Å². The molecule has 0 aliphatic heterocycles. The highest BCUT2D eigenvalue weighted by Gasteiger charge is 2.12. The molecule has 0 spiro atoms. The third-order valence-electron chi connectivity index (χ3n) is 2.86. The summed E-state index contributed by atoms with van der Waals surface area (Å²) in [6.45, 7) is 0.696. The van der Waals surface area contributed by atoms with E-state index in [4.69, 9.17) is 0 Å². The number of alkyl halides is 1. The van der Waals surface area contributed by atoms with Crippen LogP contribution < -0.4 is 4.90 Å². The number of anilines is 1. The van der Waals surface area contributed by atoms with Gasteiger partial charge >= 0.3 is 0 Å². The summed E-state index contributed by atoms with van der Waals surface area (Å²) >= 11 is 3.40. The Hall–Kier alpha value is -1.35. The van der Waals surface area contributed by atoms with Gasteiger partial charge in [-0.05, 0) is 17.2 Å². The molecule has 0 aliphatic carbocycles. The van der Waals surface area contributed by atoms with Crippen LogP contribution in [-0.4, -0.2) is 7.05 Å². The van der Waals surface area contributed by atoms with Crippen LogP contribution in [0.1, 0.15) is 11.1 Å². The van der Waals surface area contributed by atoms with Gasteiger partial charge in [0.1, 0.15) is 5.82 Å². The first-order chi connectivity index (χ1) is 8.72. The largest absolute Gasteiger partial charge is 0.368 e. The predicted molar refractivity (Wildman–Crippen MR) is 77.6 cm³/mol.